The molecule has 2 fully saturated rings. The summed E-state index contributed by atoms with van der Waals surface area (Å²) >= 11 is 0. The number of nitrogens with zero attached hydrogens (tertiary/aromatic N) is 2. The van der Waals surface area contributed by atoms with E-state index >= 15 is 0 Å². The molecule has 33 heavy (non-hydrogen) atoms. The SMILES string of the molecule is COc1ccc(NC(=O)[C@@H]2CC(=O)N(c3ccc(C)cc3)C2)cc1S(=O)(=O)N1CCCCC1. The number of rotatable bonds is 6. The van der Waals surface area contributed by atoms with Gasteiger partial charge in [0.1, 0.15) is 10.6 Å². The first-order chi connectivity index (χ1) is 15.8. The van der Waals surface area contributed by atoms with Crippen LogP contribution in [0.4, 0.5) is 11.4 Å². The number of carbonyl (C=O) groups excluding carboxylic acids is 2. The zero-order valence-corrected chi connectivity index (χ0v) is 19.7. The Bertz CT molecular complexity index is 1140. The molecule has 2 aliphatic rings. The minimum atomic E-state index is -3.74. The lowest BCUT2D eigenvalue weighted by Crippen LogP contribution is -2.35. The summed E-state index contributed by atoms with van der Waals surface area (Å²) in [5, 5.41) is 2.80. The summed E-state index contributed by atoms with van der Waals surface area (Å²) in [6, 6.07) is 12.2. The Morgan fingerprint density at radius 2 is 1.76 bits per heavy atom. The molecular weight excluding hydrogens is 442 g/mol. The fourth-order valence-corrected chi connectivity index (χ4v) is 6.00. The third kappa shape index (κ3) is 4.89. The zero-order chi connectivity index (χ0) is 23.6. The van der Waals surface area contributed by atoms with Crippen molar-refractivity contribution in [2.45, 2.75) is 37.5 Å². The van der Waals surface area contributed by atoms with Gasteiger partial charge in [0.2, 0.25) is 21.8 Å². The van der Waals surface area contributed by atoms with Gasteiger partial charge in [0.05, 0.1) is 13.0 Å². The van der Waals surface area contributed by atoms with Crippen LogP contribution in [0.1, 0.15) is 31.2 Å². The van der Waals surface area contributed by atoms with Crippen LogP contribution in [0.3, 0.4) is 0 Å². The molecular formula is C24H29N3O5S. The smallest absolute Gasteiger partial charge is 0.246 e. The van der Waals surface area contributed by atoms with Crippen molar-refractivity contribution in [3.8, 4) is 5.75 Å². The van der Waals surface area contributed by atoms with Crippen LogP contribution in [0.5, 0.6) is 5.75 Å². The van der Waals surface area contributed by atoms with Crippen LogP contribution in [0.15, 0.2) is 47.4 Å². The maximum Gasteiger partial charge on any atom is 0.246 e. The molecule has 1 atom stereocenters. The Labute approximate surface area is 194 Å². The van der Waals surface area contributed by atoms with E-state index in [0.29, 0.717) is 18.8 Å². The van der Waals surface area contributed by atoms with E-state index in [4.69, 9.17) is 4.74 Å². The molecule has 1 N–H and O–H groups in total. The van der Waals surface area contributed by atoms with Crippen molar-refractivity contribution >= 4 is 33.2 Å². The molecule has 2 amide bonds. The molecule has 0 bridgehead atoms. The summed E-state index contributed by atoms with van der Waals surface area (Å²) in [7, 11) is -2.32. The van der Waals surface area contributed by atoms with Gasteiger partial charge in [0, 0.05) is 37.4 Å². The molecule has 0 aromatic heterocycles. The molecule has 2 aromatic carbocycles. The van der Waals surface area contributed by atoms with Crippen LogP contribution < -0.4 is 15.0 Å². The average molecular weight is 472 g/mol. The van der Waals surface area contributed by atoms with E-state index in [2.05, 4.69) is 5.32 Å². The van der Waals surface area contributed by atoms with Gasteiger partial charge in [-0.3, -0.25) is 9.59 Å². The summed E-state index contributed by atoms with van der Waals surface area (Å²) in [5.74, 6) is -0.713. The number of piperidine rings is 1. The van der Waals surface area contributed by atoms with E-state index in [-0.39, 0.29) is 35.4 Å². The normalized spacial score (nSPS) is 19.5. The van der Waals surface area contributed by atoms with E-state index in [0.717, 1.165) is 30.5 Å². The van der Waals surface area contributed by atoms with Crippen molar-refractivity contribution in [1.82, 2.24) is 4.31 Å². The number of hydrogen-bond acceptors (Lipinski definition) is 5. The maximum atomic E-state index is 13.2. The minimum absolute atomic E-state index is 0.0356. The number of aryl methyl sites for hydroxylation is 1. The molecule has 176 valence electrons. The standard InChI is InChI=1S/C24H29N3O5S/c1-17-6-9-20(10-7-17)27-16-18(14-23(27)28)24(29)25-19-8-11-21(32-2)22(15-19)33(30,31)26-12-4-3-5-13-26/h6-11,15,18H,3-5,12-14,16H2,1-2H3,(H,25,29)/t18-/m1/s1. The van der Waals surface area contributed by atoms with Crippen molar-refractivity contribution < 1.29 is 22.7 Å². The molecule has 2 heterocycles. The van der Waals surface area contributed by atoms with Gasteiger partial charge in [-0.1, -0.05) is 24.1 Å². The van der Waals surface area contributed by atoms with E-state index in [1.54, 1.807) is 17.0 Å². The number of nitrogens with one attached hydrogen (secondary N) is 1. The van der Waals surface area contributed by atoms with E-state index < -0.39 is 15.9 Å². The van der Waals surface area contributed by atoms with Gasteiger partial charge in [-0.25, -0.2) is 8.42 Å². The first-order valence-electron chi connectivity index (χ1n) is 11.2. The Hall–Kier alpha value is -2.91. The maximum absolute atomic E-state index is 13.2. The second-order valence-corrected chi connectivity index (χ2v) is 10.5. The summed E-state index contributed by atoms with van der Waals surface area (Å²) < 4.78 is 33.2. The predicted molar refractivity (Wildman–Crippen MR) is 126 cm³/mol. The zero-order valence-electron chi connectivity index (χ0n) is 18.9. The van der Waals surface area contributed by atoms with Crippen molar-refractivity contribution in [3.63, 3.8) is 0 Å². The molecule has 0 saturated carbocycles. The van der Waals surface area contributed by atoms with Gasteiger partial charge in [-0.15, -0.1) is 0 Å². The van der Waals surface area contributed by atoms with Crippen LogP contribution in [-0.2, 0) is 19.6 Å². The van der Waals surface area contributed by atoms with Crippen LogP contribution >= 0.6 is 0 Å². The van der Waals surface area contributed by atoms with Gasteiger partial charge >= 0.3 is 0 Å². The lowest BCUT2D eigenvalue weighted by molar-refractivity contribution is -0.122. The number of sulfonamides is 1. The summed E-state index contributed by atoms with van der Waals surface area (Å²) in [6.45, 7) is 3.20. The molecule has 9 heteroatoms. The van der Waals surface area contributed by atoms with E-state index in [1.165, 1.54) is 17.5 Å². The Balaban J connectivity index is 1.51. The van der Waals surface area contributed by atoms with Gasteiger partial charge in [0.25, 0.3) is 0 Å². The van der Waals surface area contributed by atoms with Crippen molar-refractivity contribution in [3.05, 3.63) is 48.0 Å². The first-order valence-corrected chi connectivity index (χ1v) is 12.6. The topological polar surface area (TPSA) is 96.0 Å². The van der Waals surface area contributed by atoms with Crippen LogP contribution in [0, 0.1) is 12.8 Å². The summed E-state index contributed by atoms with van der Waals surface area (Å²) in [5.41, 5.74) is 2.22. The van der Waals surface area contributed by atoms with Gasteiger partial charge < -0.3 is 15.0 Å². The fraction of sp³-hybridized carbons (Fsp3) is 0.417. The molecule has 2 saturated heterocycles. The fourth-order valence-electron chi connectivity index (χ4n) is 4.30. The minimum Gasteiger partial charge on any atom is -0.495 e. The number of hydrogen-bond donors (Lipinski definition) is 1. The number of ether oxygens (including phenoxy) is 1. The monoisotopic (exact) mass is 471 g/mol. The molecule has 4 rings (SSSR count). The highest BCUT2D eigenvalue weighted by Crippen LogP contribution is 2.32. The molecule has 0 spiro atoms. The Morgan fingerprint density at radius 3 is 2.42 bits per heavy atom. The van der Waals surface area contributed by atoms with Crippen molar-refractivity contribution in [2.24, 2.45) is 5.92 Å². The quantitative estimate of drug-likeness (QED) is 0.698. The predicted octanol–water partition coefficient (Wildman–Crippen LogP) is 3.17. The number of anilines is 2. The molecule has 2 aliphatic heterocycles. The number of methoxy groups -OCH3 is 1. The average Bonchev–Trinajstić information content (AvgIpc) is 3.22. The lowest BCUT2D eigenvalue weighted by atomic mass is 10.1. The molecule has 0 unspecified atom stereocenters. The van der Waals surface area contributed by atoms with Crippen molar-refractivity contribution in [2.75, 3.05) is 37.0 Å². The largest absolute Gasteiger partial charge is 0.495 e. The van der Waals surface area contributed by atoms with Crippen molar-refractivity contribution in [1.29, 1.82) is 0 Å². The number of amides is 2. The molecule has 8 nitrogen and oxygen atoms in total. The van der Waals surface area contributed by atoms with E-state index in [1.807, 2.05) is 31.2 Å². The summed E-state index contributed by atoms with van der Waals surface area (Å²) in [6.07, 6.45) is 2.77. The lowest BCUT2D eigenvalue weighted by Gasteiger charge is -2.26. The molecule has 0 radical (unpaired) electrons. The van der Waals surface area contributed by atoms with Crippen LogP contribution in [0.25, 0.3) is 0 Å². The Morgan fingerprint density at radius 1 is 1.06 bits per heavy atom. The van der Waals surface area contributed by atoms with Gasteiger partial charge in [-0.05, 0) is 50.1 Å². The second-order valence-electron chi connectivity index (χ2n) is 8.56. The third-order valence-corrected chi connectivity index (χ3v) is 8.13. The molecule has 0 aliphatic carbocycles. The number of benzene rings is 2. The Kier molecular flexibility index (Phi) is 6.71. The highest BCUT2D eigenvalue weighted by atomic mass is 32.2. The second kappa shape index (κ2) is 9.52. The number of carbonyl (C=O) groups is 2. The molecule has 2 aromatic rings. The van der Waals surface area contributed by atoms with Crippen LogP contribution in [-0.4, -0.2) is 51.3 Å². The summed E-state index contributed by atoms with van der Waals surface area (Å²) in [4.78, 5) is 27.1. The third-order valence-electron chi connectivity index (χ3n) is 6.21. The highest BCUT2D eigenvalue weighted by molar-refractivity contribution is 7.89. The van der Waals surface area contributed by atoms with Crippen LogP contribution in [0.2, 0.25) is 0 Å². The van der Waals surface area contributed by atoms with Gasteiger partial charge in [-0.2, -0.15) is 4.31 Å². The highest BCUT2D eigenvalue weighted by Gasteiger charge is 2.35. The van der Waals surface area contributed by atoms with E-state index in [9.17, 15) is 18.0 Å². The van der Waals surface area contributed by atoms with Gasteiger partial charge in [0.15, 0.2) is 0 Å². The first kappa shape index (κ1) is 23.3.